The molecular formula is C7H7N7O3S. The predicted octanol–water partition coefficient (Wildman–Crippen LogP) is 1.64. The third-order valence-electron chi connectivity index (χ3n) is 1.34. The van der Waals surface area contributed by atoms with Crippen LogP contribution in [-0.2, 0) is 10.2 Å². The van der Waals surface area contributed by atoms with E-state index in [1.807, 2.05) is 15.9 Å². The molecule has 0 radical (unpaired) electrons. The fourth-order valence-electron chi connectivity index (χ4n) is 0.711. The number of nitrogens with zero attached hydrogens (tertiary/aromatic N) is 6. The minimum Gasteiger partial charge on any atom is -0.366 e. The minimum atomic E-state index is -4.27. The van der Waals surface area contributed by atoms with Crippen LogP contribution in [0, 0.1) is 0 Å². The third-order valence-corrected chi connectivity index (χ3v) is 1.90. The number of hydrogen-bond donors (Lipinski definition) is 1. The molecule has 0 spiro atoms. The average molecular weight is 269 g/mol. The molecule has 0 unspecified atom stereocenters. The molecule has 1 aromatic carbocycles. The van der Waals surface area contributed by atoms with Crippen molar-refractivity contribution in [3.8, 4) is 0 Å². The van der Waals surface area contributed by atoms with Crippen LogP contribution in [0.1, 0.15) is 10.4 Å². The summed E-state index contributed by atoms with van der Waals surface area (Å²) in [5.74, 6) is -0.379. The summed E-state index contributed by atoms with van der Waals surface area (Å²) in [6, 6.07) is 8.76. The molecule has 0 fully saturated rings. The van der Waals surface area contributed by atoms with Crippen LogP contribution in [0.2, 0.25) is 0 Å². The van der Waals surface area contributed by atoms with E-state index in [1.54, 1.807) is 24.3 Å². The monoisotopic (exact) mass is 269 g/mol. The Labute approximate surface area is 101 Å². The Morgan fingerprint density at radius 3 is 1.83 bits per heavy atom. The zero-order chi connectivity index (χ0) is 14.0. The van der Waals surface area contributed by atoms with Crippen molar-refractivity contribution in [3.05, 3.63) is 56.8 Å². The van der Waals surface area contributed by atoms with Gasteiger partial charge in [-0.1, -0.05) is 18.2 Å². The number of amides is 1. The van der Waals surface area contributed by atoms with Crippen LogP contribution >= 0.6 is 0 Å². The number of primary amides is 1. The lowest BCUT2D eigenvalue weighted by molar-refractivity contribution is 0.100. The topological polar surface area (TPSA) is 175 Å². The second-order valence-corrected chi connectivity index (χ2v) is 3.74. The molecule has 0 aliphatic rings. The van der Waals surface area contributed by atoms with Gasteiger partial charge in [0.15, 0.2) is 0 Å². The van der Waals surface area contributed by atoms with E-state index in [9.17, 15) is 13.2 Å². The fraction of sp³-hybridized carbons (Fsp3) is 0. The van der Waals surface area contributed by atoms with Gasteiger partial charge in [-0.25, -0.2) is 8.42 Å². The lowest BCUT2D eigenvalue weighted by atomic mass is 10.2. The van der Waals surface area contributed by atoms with Crippen molar-refractivity contribution in [1.82, 2.24) is 0 Å². The summed E-state index contributed by atoms with van der Waals surface area (Å²) >= 11 is 0. The van der Waals surface area contributed by atoms with Crippen LogP contribution in [-0.4, -0.2) is 14.3 Å². The molecule has 1 amide bonds. The molecule has 0 aliphatic heterocycles. The molecule has 0 bridgehead atoms. The molecule has 1 rings (SSSR count). The van der Waals surface area contributed by atoms with Crippen LogP contribution in [0.15, 0.2) is 39.4 Å². The summed E-state index contributed by atoms with van der Waals surface area (Å²) < 4.78 is 24.3. The Morgan fingerprint density at radius 1 is 1.11 bits per heavy atom. The van der Waals surface area contributed by atoms with Gasteiger partial charge in [0.2, 0.25) is 5.91 Å². The summed E-state index contributed by atoms with van der Waals surface area (Å²) in [4.78, 5) is 14.2. The normalized spacial score (nSPS) is 8.89. The summed E-state index contributed by atoms with van der Waals surface area (Å²) in [5.41, 5.74) is 20.6. The molecule has 10 nitrogen and oxygen atoms in total. The molecule has 0 aliphatic carbocycles. The second kappa shape index (κ2) is 7.52. The maximum absolute atomic E-state index is 10.4. The summed E-state index contributed by atoms with van der Waals surface area (Å²) in [5, 5.41) is 0. The Hall–Kier alpha value is -2.74. The van der Waals surface area contributed by atoms with E-state index < -0.39 is 10.2 Å². The van der Waals surface area contributed by atoms with E-state index in [0.717, 1.165) is 0 Å². The molecule has 11 heteroatoms. The summed E-state index contributed by atoms with van der Waals surface area (Å²) in [7, 11) is -4.27. The smallest absolute Gasteiger partial charge is 0.321 e. The Morgan fingerprint density at radius 2 is 1.56 bits per heavy atom. The fourth-order valence-corrected chi connectivity index (χ4v) is 0.928. The van der Waals surface area contributed by atoms with E-state index >= 15 is 0 Å². The van der Waals surface area contributed by atoms with Gasteiger partial charge in [-0.05, 0) is 23.2 Å². The largest absolute Gasteiger partial charge is 0.366 e. The highest BCUT2D eigenvalue weighted by atomic mass is 32.2. The maximum Gasteiger partial charge on any atom is 0.321 e. The van der Waals surface area contributed by atoms with Crippen LogP contribution in [0.5, 0.6) is 0 Å². The zero-order valence-corrected chi connectivity index (χ0v) is 9.60. The van der Waals surface area contributed by atoms with E-state index in [0.29, 0.717) is 5.56 Å². The molecule has 0 aromatic heterocycles. The maximum atomic E-state index is 10.4. The van der Waals surface area contributed by atoms with Crippen LogP contribution < -0.4 is 5.73 Å². The molecule has 18 heavy (non-hydrogen) atoms. The van der Waals surface area contributed by atoms with Gasteiger partial charge >= 0.3 is 10.2 Å². The molecule has 0 saturated carbocycles. The Bertz CT molecular complexity index is 575. The number of nitrogens with two attached hydrogens (primary N) is 1. The number of carbonyl (C=O) groups excluding carboxylic acids is 1. The van der Waals surface area contributed by atoms with Crippen LogP contribution in [0.4, 0.5) is 0 Å². The molecule has 94 valence electrons. The summed E-state index contributed by atoms with van der Waals surface area (Å²) in [6.45, 7) is 0. The van der Waals surface area contributed by atoms with Crippen molar-refractivity contribution in [1.29, 1.82) is 0 Å². The van der Waals surface area contributed by atoms with Gasteiger partial charge in [-0.15, -0.1) is 0 Å². The van der Waals surface area contributed by atoms with Gasteiger partial charge in [0.05, 0.1) is 0 Å². The Kier molecular flexibility index (Phi) is 6.38. The molecule has 0 atom stereocenters. The number of hydrogen-bond acceptors (Lipinski definition) is 3. The van der Waals surface area contributed by atoms with Crippen molar-refractivity contribution in [3.63, 3.8) is 0 Å². The highest BCUT2D eigenvalue weighted by molar-refractivity contribution is 7.88. The Balaban J connectivity index is 0.000000321. The number of carbonyl (C=O) groups is 1. The van der Waals surface area contributed by atoms with E-state index in [4.69, 9.17) is 16.8 Å². The molecule has 0 heterocycles. The van der Waals surface area contributed by atoms with Gasteiger partial charge in [-0.3, -0.25) is 4.79 Å². The van der Waals surface area contributed by atoms with Gasteiger partial charge < -0.3 is 5.73 Å². The van der Waals surface area contributed by atoms with Crippen molar-refractivity contribution in [2.24, 2.45) is 14.8 Å². The van der Waals surface area contributed by atoms with Gasteiger partial charge in [0, 0.05) is 24.4 Å². The first-order chi connectivity index (χ1) is 8.43. The van der Waals surface area contributed by atoms with E-state index in [1.165, 1.54) is 0 Å². The van der Waals surface area contributed by atoms with Gasteiger partial charge in [0.25, 0.3) is 0 Å². The number of rotatable bonds is 3. The first kappa shape index (κ1) is 15.3. The van der Waals surface area contributed by atoms with Crippen molar-refractivity contribution >= 4 is 16.1 Å². The molecular weight excluding hydrogens is 262 g/mol. The lowest BCUT2D eigenvalue weighted by Gasteiger charge is -1.89. The highest BCUT2D eigenvalue weighted by Gasteiger charge is 1.99. The van der Waals surface area contributed by atoms with Crippen molar-refractivity contribution < 1.29 is 13.2 Å². The average Bonchev–Trinajstić information content (AvgIpc) is 2.30. The standard InChI is InChI=1S/C7H7NO.N6O2S/c8-7(9)6-4-2-1-3-5-6;1-3-5-9(7,8)6-4-2/h1-5H,(H2,8,9);. The number of benzene rings is 1. The lowest BCUT2D eigenvalue weighted by Crippen LogP contribution is -2.09. The van der Waals surface area contributed by atoms with Crippen molar-refractivity contribution in [2.45, 2.75) is 0 Å². The molecule has 0 saturated heterocycles. The van der Waals surface area contributed by atoms with E-state index in [-0.39, 0.29) is 5.91 Å². The van der Waals surface area contributed by atoms with E-state index in [2.05, 4.69) is 9.04 Å². The zero-order valence-electron chi connectivity index (χ0n) is 8.78. The SMILES string of the molecule is NC(=O)c1ccccc1.[N-]=[N+]=NS(=O)(=O)N=[N+]=[N-]. The minimum absolute atomic E-state index is 0.379. The number of azide groups is 1. The summed E-state index contributed by atoms with van der Waals surface area (Å²) in [6.07, 6.45) is 0. The molecule has 1 aromatic rings. The molecule has 2 N–H and O–H groups in total. The van der Waals surface area contributed by atoms with Crippen LogP contribution in [0.3, 0.4) is 0 Å². The highest BCUT2D eigenvalue weighted by Crippen LogP contribution is 1.94. The quantitative estimate of drug-likeness (QED) is 0.499. The van der Waals surface area contributed by atoms with Gasteiger partial charge in [0.1, 0.15) is 0 Å². The van der Waals surface area contributed by atoms with Crippen molar-refractivity contribution in [2.75, 3.05) is 0 Å². The first-order valence-electron chi connectivity index (χ1n) is 4.15. The predicted molar refractivity (Wildman–Crippen MR) is 62.2 cm³/mol. The second-order valence-electron chi connectivity index (χ2n) is 2.52. The van der Waals surface area contributed by atoms with Gasteiger partial charge in [-0.2, -0.15) is 0 Å². The first-order valence-corrected chi connectivity index (χ1v) is 5.55. The van der Waals surface area contributed by atoms with Crippen LogP contribution in [0.25, 0.3) is 20.9 Å². The third kappa shape index (κ3) is 6.69.